The van der Waals surface area contributed by atoms with Crippen molar-refractivity contribution in [3.8, 4) is 16.9 Å². The minimum absolute atomic E-state index is 0.0364. The van der Waals surface area contributed by atoms with Gasteiger partial charge in [0.1, 0.15) is 17.9 Å². The fourth-order valence-electron chi connectivity index (χ4n) is 3.89. The number of hydrogen-bond acceptors (Lipinski definition) is 4. The summed E-state index contributed by atoms with van der Waals surface area (Å²) in [6.45, 7) is 1.92. The van der Waals surface area contributed by atoms with Crippen molar-refractivity contribution in [2.24, 2.45) is 0 Å². The molecular weight excluding hydrogens is 382 g/mol. The number of aromatic hydroxyl groups is 1. The summed E-state index contributed by atoms with van der Waals surface area (Å²) in [6, 6.07) is 19.9. The number of benzene rings is 3. The van der Waals surface area contributed by atoms with Crippen molar-refractivity contribution in [2.75, 3.05) is 6.61 Å². The van der Waals surface area contributed by atoms with E-state index in [0.717, 1.165) is 22.3 Å². The molecule has 6 nitrogen and oxygen atoms in total. The number of ether oxygens (including phenoxy) is 1. The highest BCUT2D eigenvalue weighted by atomic mass is 16.5. The van der Waals surface area contributed by atoms with Crippen molar-refractivity contribution >= 4 is 12.1 Å². The van der Waals surface area contributed by atoms with E-state index in [4.69, 9.17) is 9.84 Å². The van der Waals surface area contributed by atoms with Crippen molar-refractivity contribution < 1.29 is 24.5 Å². The van der Waals surface area contributed by atoms with E-state index in [9.17, 15) is 14.7 Å². The van der Waals surface area contributed by atoms with Gasteiger partial charge in [-0.3, -0.25) is 0 Å². The summed E-state index contributed by atoms with van der Waals surface area (Å²) in [6.07, 6.45) is -0.589. The van der Waals surface area contributed by atoms with E-state index in [-0.39, 0.29) is 23.8 Å². The van der Waals surface area contributed by atoms with Crippen LogP contribution < -0.4 is 5.32 Å². The van der Waals surface area contributed by atoms with Crippen LogP contribution in [0.1, 0.15) is 45.9 Å². The van der Waals surface area contributed by atoms with Crippen molar-refractivity contribution in [3.63, 3.8) is 0 Å². The van der Waals surface area contributed by atoms with Gasteiger partial charge in [0.05, 0.1) is 6.04 Å². The molecule has 3 aromatic rings. The first kappa shape index (κ1) is 19.5. The number of fused-ring (bicyclic) bond motifs is 3. The van der Waals surface area contributed by atoms with Crippen molar-refractivity contribution in [2.45, 2.75) is 18.9 Å². The van der Waals surface area contributed by atoms with Crippen LogP contribution in [-0.4, -0.2) is 28.9 Å². The molecule has 30 heavy (non-hydrogen) atoms. The quantitative estimate of drug-likeness (QED) is 0.574. The van der Waals surface area contributed by atoms with E-state index in [1.807, 2.05) is 36.4 Å². The third-order valence-corrected chi connectivity index (χ3v) is 5.43. The molecule has 1 unspecified atom stereocenters. The van der Waals surface area contributed by atoms with Crippen LogP contribution in [0.3, 0.4) is 0 Å². The average molecular weight is 403 g/mol. The van der Waals surface area contributed by atoms with Gasteiger partial charge in [0.2, 0.25) is 0 Å². The molecular formula is C24H21NO5. The minimum atomic E-state index is -1.23. The second-order valence-corrected chi connectivity index (χ2v) is 7.27. The van der Waals surface area contributed by atoms with Crippen LogP contribution in [0.25, 0.3) is 11.1 Å². The number of carbonyl (C=O) groups is 2. The Labute approximate surface area is 173 Å². The highest BCUT2D eigenvalue weighted by Crippen LogP contribution is 2.44. The second kappa shape index (κ2) is 7.91. The number of aromatic carboxylic acids is 1. The SMILES string of the molecule is CC(NC(=O)OCC1c2ccccc2-c2ccccc21)c1ccc(O)c(C(=O)O)c1. The monoisotopic (exact) mass is 403 g/mol. The van der Waals surface area contributed by atoms with Gasteiger partial charge in [-0.05, 0) is 46.9 Å². The Hall–Kier alpha value is -3.80. The molecule has 4 rings (SSSR count). The molecule has 0 aliphatic heterocycles. The Bertz CT molecular complexity index is 1080. The van der Waals surface area contributed by atoms with Gasteiger partial charge in [0.15, 0.2) is 0 Å². The summed E-state index contributed by atoms with van der Waals surface area (Å²) in [5, 5.41) is 21.5. The maximum Gasteiger partial charge on any atom is 0.407 e. The summed E-state index contributed by atoms with van der Waals surface area (Å²) in [5.41, 5.74) is 4.90. The Morgan fingerprint density at radius 2 is 1.60 bits per heavy atom. The molecule has 1 aliphatic rings. The van der Waals surface area contributed by atoms with Crippen LogP contribution in [-0.2, 0) is 4.74 Å². The normalized spacial score (nSPS) is 13.2. The third kappa shape index (κ3) is 3.59. The van der Waals surface area contributed by atoms with Gasteiger partial charge in [0, 0.05) is 5.92 Å². The summed E-state index contributed by atoms with van der Waals surface area (Å²) in [7, 11) is 0. The molecule has 0 bridgehead atoms. The van der Waals surface area contributed by atoms with Gasteiger partial charge >= 0.3 is 12.1 Å². The molecule has 152 valence electrons. The molecule has 3 aromatic carbocycles. The number of rotatable bonds is 5. The second-order valence-electron chi connectivity index (χ2n) is 7.27. The first-order chi connectivity index (χ1) is 14.5. The average Bonchev–Trinajstić information content (AvgIpc) is 3.06. The maximum absolute atomic E-state index is 12.4. The molecule has 0 fully saturated rings. The smallest absolute Gasteiger partial charge is 0.407 e. The van der Waals surface area contributed by atoms with Crippen LogP contribution in [0.5, 0.6) is 5.75 Å². The molecule has 1 aliphatic carbocycles. The van der Waals surface area contributed by atoms with Crippen LogP contribution in [0, 0.1) is 0 Å². The Balaban J connectivity index is 1.44. The molecule has 0 radical (unpaired) electrons. The van der Waals surface area contributed by atoms with E-state index >= 15 is 0 Å². The lowest BCUT2D eigenvalue weighted by Gasteiger charge is -2.18. The Morgan fingerprint density at radius 1 is 1.00 bits per heavy atom. The molecule has 0 spiro atoms. The number of carbonyl (C=O) groups excluding carboxylic acids is 1. The summed E-state index contributed by atoms with van der Waals surface area (Å²) >= 11 is 0. The zero-order chi connectivity index (χ0) is 21.3. The van der Waals surface area contributed by atoms with Crippen molar-refractivity contribution in [1.82, 2.24) is 5.32 Å². The van der Waals surface area contributed by atoms with Gasteiger partial charge in [-0.2, -0.15) is 0 Å². The number of alkyl carbamates (subject to hydrolysis) is 1. The largest absolute Gasteiger partial charge is 0.507 e. The standard InChI is InChI=1S/C24H21NO5/c1-14(15-10-11-22(26)20(12-15)23(27)28)25-24(29)30-13-21-18-8-4-2-6-16(18)17-7-3-5-9-19(17)21/h2-12,14,21,26H,13H2,1H3,(H,25,29)(H,27,28). The van der Waals surface area contributed by atoms with Gasteiger partial charge in [-0.1, -0.05) is 54.6 Å². The highest BCUT2D eigenvalue weighted by Gasteiger charge is 2.29. The Morgan fingerprint density at radius 3 is 2.20 bits per heavy atom. The first-order valence-corrected chi connectivity index (χ1v) is 9.63. The molecule has 1 amide bonds. The van der Waals surface area contributed by atoms with E-state index in [1.165, 1.54) is 12.1 Å². The number of amides is 1. The highest BCUT2D eigenvalue weighted by molar-refractivity contribution is 5.91. The van der Waals surface area contributed by atoms with Gasteiger partial charge in [-0.25, -0.2) is 9.59 Å². The maximum atomic E-state index is 12.4. The third-order valence-electron chi connectivity index (χ3n) is 5.43. The molecule has 0 saturated carbocycles. The van der Waals surface area contributed by atoms with Gasteiger partial charge < -0.3 is 20.3 Å². The first-order valence-electron chi connectivity index (χ1n) is 9.63. The van der Waals surface area contributed by atoms with E-state index in [1.54, 1.807) is 13.0 Å². The summed E-state index contributed by atoms with van der Waals surface area (Å²) in [4.78, 5) is 23.6. The molecule has 1 atom stereocenters. The Kier molecular flexibility index (Phi) is 5.14. The number of carboxylic acids is 1. The van der Waals surface area contributed by atoms with Crippen LogP contribution >= 0.6 is 0 Å². The zero-order valence-electron chi connectivity index (χ0n) is 16.3. The lowest BCUT2D eigenvalue weighted by molar-refractivity contribution is 0.0693. The van der Waals surface area contributed by atoms with Crippen LogP contribution in [0.2, 0.25) is 0 Å². The summed E-state index contributed by atoms with van der Waals surface area (Å²) < 4.78 is 5.52. The number of phenols is 1. The van der Waals surface area contributed by atoms with E-state index in [0.29, 0.717) is 5.56 Å². The minimum Gasteiger partial charge on any atom is -0.507 e. The van der Waals surface area contributed by atoms with E-state index in [2.05, 4.69) is 17.4 Å². The summed E-state index contributed by atoms with van der Waals surface area (Å²) in [5.74, 6) is -1.59. The predicted octanol–water partition coefficient (Wildman–Crippen LogP) is 4.69. The lowest BCUT2D eigenvalue weighted by Crippen LogP contribution is -2.28. The molecule has 0 saturated heterocycles. The van der Waals surface area contributed by atoms with Crippen molar-refractivity contribution in [3.05, 3.63) is 89.0 Å². The number of hydrogen-bond donors (Lipinski definition) is 3. The topological polar surface area (TPSA) is 95.9 Å². The zero-order valence-corrected chi connectivity index (χ0v) is 16.3. The number of carboxylic acid groups (broad SMARTS) is 1. The fraction of sp³-hybridized carbons (Fsp3) is 0.167. The fourth-order valence-corrected chi connectivity index (χ4v) is 3.89. The molecule has 0 heterocycles. The molecule has 6 heteroatoms. The lowest BCUT2D eigenvalue weighted by atomic mass is 9.98. The van der Waals surface area contributed by atoms with Crippen LogP contribution in [0.15, 0.2) is 66.7 Å². The van der Waals surface area contributed by atoms with Gasteiger partial charge in [-0.15, -0.1) is 0 Å². The van der Waals surface area contributed by atoms with E-state index < -0.39 is 18.1 Å². The number of nitrogens with one attached hydrogen (secondary N) is 1. The molecule has 3 N–H and O–H groups in total. The predicted molar refractivity (Wildman–Crippen MR) is 112 cm³/mol. The molecule has 0 aromatic heterocycles. The van der Waals surface area contributed by atoms with Crippen LogP contribution in [0.4, 0.5) is 4.79 Å². The van der Waals surface area contributed by atoms with Crippen molar-refractivity contribution in [1.29, 1.82) is 0 Å². The van der Waals surface area contributed by atoms with Gasteiger partial charge in [0.25, 0.3) is 0 Å².